The average Bonchev–Trinajstić information content (AvgIpc) is 3.01. The van der Waals surface area contributed by atoms with Crippen LogP contribution in [0.3, 0.4) is 0 Å². The number of para-hydroxylation sites is 2. The molecular formula is C18H23N7. The van der Waals surface area contributed by atoms with Gasteiger partial charge in [-0.1, -0.05) is 18.6 Å². The highest BCUT2D eigenvalue weighted by Gasteiger charge is 2.43. The summed E-state index contributed by atoms with van der Waals surface area (Å²) in [6.07, 6.45) is 7.19. The van der Waals surface area contributed by atoms with Crippen LogP contribution in [0, 0.1) is 6.92 Å². The number of guanidine groups is 2. The van der Waals surface area contributed by atoms with E-state index in [2.05, 4.69) is 15.0 Å². The van der Waals surface area contributed by atoms with E-state index in [4.69, 9.17) is 16.5 Å². The molecule has 1 aromatic heterocycles. The van der Waals surface area contributed by atoms with Gasteiger partial charge < -0.3 is 11.5 Å². The van der Waals surface area contributed by atoms with E-state index >= 15 is 0 Å². The van der Waals surface area contributed by atoms with E-state index in [1.807, 2.05) is 48.1 Å². The summed E-state index contributed by atoms with van der Waals surface area (Å²) in [5, 5.41) is 4.56. The molecule has 0 amide bonds. The Morgan fingerprint density at radius 2 is 1.72 bits per heavy atom. The van der Waals surface area contributed by atoms with Gasteiger partial charge in [0.1, 0.15) is 5.66 Å². The summed E-state index contributed by atoms with van der Waals surface area (Å²) in [7, 11) is 0. The Labute approximate surface area is 147 Å². The van der Waals surface area contributed by atoms with Crippen molar-refractivity contribution >= 4 is 17.6 Å². The third kappa shape index (κ3) is 2.65. The summed E-state index contributed by atoms with van der Waals surface area (Å²) in [6.45, 7) is 1.98. The number of nitrogens with zero attached hydrogens (tertiary/aromatic N) is 5. The Hall–Kier alpha value is -2.83. The molecule has 0 saturated heterocycles. The molecule has 25 heavy (non-hydrogen) atoms. The SMILES string of the molecule is Cc1ccn(-c2ccccc2N2C(N)=NC(N)=NC23CCCCC3)n1. The molecule has 0 bridgehead atoms. The lowest BCUT2D eigenvalue weighted by Crippen LogP contribution is -2.58. The fourth-order valence-corrected chi connectivity index (χ4v) is 3.87. The molecule has 4 N–H and O–H groups in total. The van der Waals surface area contributed by atoms with E-state index in [9.17, 15) is 0 Å². The molecular weight excluding hydrogens is 314 g/mol. The fraction of sp³-hybridized carbons (Fsp3) is 0.389. The largest absolute Gasteiger partial charge is 0.369 e. The van der Waals surface area contributed by atoms with Crippen LogP contribution < -0.4 is 16.4 Å². The molecule has 2 aliphatic rings. The molecule has 2 aromatic rings. The topological polar surface area (TPSA) is 97.8 Å². The Morgan fingerprint density at radius 1 is 1.00 bits per heavy atom. The molecule has 1 aliphatic heterocycles. The lowest BCUT2D eigenvalue weighted by Gasteiger charge is -2.46. The molecule has 2 heterocycles. The number of benzene rings is 1. The monoisotopic (exact) mass is 337 g/mol. The van der Waals surface area contributed by atoms with Gasteiger partial charge in [0.25, 0.3) is 0 Å². The number of rotatable bonds is 2. The van der Waals surface area contributed by atoms with Gasteiger partial charge in [-0.3, -0.25) is 4.90 Å². The lowest BCUT2D eigenvalue weighted by molar-refractivity contribution is 0.305. The van der Waals surface area contributed by atoms with Gasteiger partial charge in [0.15, 0.2) is 0 Å². The van der Waals surface area contributed by atoms with Gasteiger partial charge in [-0.2, -0.15) is 10.1 Å². The Bertz CT molecular complexity index is 843. The van der Waals surface area contributed by atoms with Gasteiger partial charge in [0.2, 0.25) is 11.9 Å². The van der Waals surface area contributed by atoms with Crippen molar-refractivity contribution in [3.63, 3.8) is 0 Å². The van der Waals surface area contributed by atoms with Crippen LogP contribution in [0.5, 0.6) is 0 Å². The second-order valence-corrected chi connectivity index (χ2v) is 6.71. The number of aromatic nitrogens is 2. The quantitative estimate of drug-likeness (QED) is 0.878. The zero-order valence-corrected chi connectivity index (χ0v) is 14.4. The van der Waals surface area contributed by atoms with Crippen molar-refractivity contribution < 1.29 is 0 Å². The summed E-state index contributed by atoms with van der Waals surface area (Å²) < 4.78 is 1.87. The molecule has 130 valence electrons. The van der Waals surface area contributed by atoms with Gasteiger partial charge in [-0.05, 0) is 50.8 Å². The number of nitrogens with two attached hydrogens (primary N) is 2. The van der Waals surface area contributed by atoms with Crippen LogP contribution in [0.25, 0.3) is 5.69 Å². The first kappa shape index (κ1) is 15.7. The highest BCUT2D eigenvalue weighted by molar-refractivity contribution is 6.06. The van der Waals surface area contributed by atoms with Crippen LogP contribution in [-0.2, 0) is 0 Å². The molecule has 1 fully saturated rings. The Morgan fingerprint density at radius 3 is 2.40 bits per heavy atom. The van der Waals surface area contributed by atoms with Gasteiger partial charge in [-0.15, -0.1) is 0 Å². The summed E-state index contributed by atoms with van der Waals surface area (Å²) in [6, 6.07) is 10.1. The van der Waals surface area contributed by atoms with E-state index in [1.54, 1.807) is 0 Å². The Balaban J connectivity index is 1.86. The number of aryl methyl sites for hydroxylation is 1. The predicted octanol–water partition coefficient (Wildman–Crippen LogP) is 2.29. The number of hydrogen-bond donors (Lipinski definition) is 2. The first-order valence-electron chi connectivity index (χ1n) is 8.70. The first-order valence-corrected chi connectivity index (χ1v) is 8.70. The van der Waals surface area contributed by atoms with Gasteiger partial charge in [0, 0.05) is 6.20 Å². The van der Waals surface area contributed by atoms with E-state index in [1.165, 1.54) is 6.42 Å². The fourth-order valence-electron chi connectivity index (χ4n) is 3.87. The smallest absolute Gasteiger partial charge is 0.220 e. The molecule has 0 unspecified atom stereocenters. The van der Waals surface area contributed by atoms with Crippen molar-refractivity contribution in [1.82, 2.24) is 9.78 Å². The minimum Gasteiger partial charge on any atom is -0.369 e. The van der Waals surface area contributed by atoms with Crippen molar-refractivity contribution in [2.45, 2.75) is 44.7 Å². The summed E-state index contributed by atoms with van der Waals surface area (Å²) in [4.78, 5) is 11.0. The van der Waals surface area contributed by atoms with Crippen LogP contribution in [0.2, 0.25) is 0 Å². The van der Waals surface area contributed by atoms with Crippen LogP contribution in [0.4, 0.5) is 5.69 Å². The van der Waals surface area contributed by atoms with Crippen LogP contribution in [0.1, 0.15) is 37.8 Å². The molecule has 7 heteroatoms. The first-order chi connectivity index (χ1) is 12.1. The van der Waals surface area contributed by atoms with Crippen LogP contribution in [-0.4, -0.2) is 27.4 Å². The maximum absolute atomic E-state index is 6.34. The third-order valence-corrected chi connectivity index (χ3v) is 4.94. The zero-order valence-electron chi connectivity index (χ0n) is 14.4. The zero-order chi connectivity index (χ0) is 17.4. The van der Waals surface area contributed by atoms with Gasteiger partial charge in [0.05, 0.1) is 17.1 Å². The summed E-state index contributed by atoms with van der Waals surface area (Å²) >= 11 is 0. The average molecular weight is 337 g/mol. The molecule has 7 nitrogen and oxygen atoms in total. The minimum atomic E-state index is -0.452. The molecule has 4 rings (SSSR count). The van der Waals surface area contributed by atoms with Gasteiger partial charge >= 0.3 is 0 Å². The van der Waals surface area contributed by atoms with Gasteiger partial charge in [-0.25, -0.2) is 9.67 Å². The predicted molar refractivity (Wildman–Crippen MR) is 99.8 cm³/mol. The van der Waals surface area contributed by atoms with Crippen molar-refractivity contribution in [3.05, 3.63) is 42.2 Å². The maximum Gasteiger partial charge on any atom is 0.220 e. The van der Waals surface area contributed by atoms with E-state index in [-0.39, 0.29) is 5.96 Å². The van der Waals surface area contributed by atoms with E-state index in [0.717, 1.165) is 42.8 Å². The summed E-state index contributed by atoms with van der Waals surface area (Å²) in [5.74, 6) is 0.661. The van der Waals surface area contributed by atoms with Crippen LogP contribution >= 0.6 is 0 Å². The third-order valence-electron chi connectivity index (χ3n) is 4.94. The summed E-state index contributed by atoms with van der Waals surface area (Å²) in [5.41, 5.74) is 14.7. The molecule has 1 aliphatic carbocycles. The van der Waals surface area contributed by atoms with Crippen molar-refractivity contribution in [2.75, 3.05) is 4.90 Å². The van der Waals surface area contributed by atoms with Crippen molar-refractivity contribution in [1.29, 1.82) is 0 Å². The molecule has 1 saturated carbocycles. The molecule has 1 spiro atoms. The second kappa shape index (κ2) is 5.91. The van der Waals surface area contributed by atoms with E-state index < -0.39 is 5.66 Å². The highest BCUT2D eigenvalue weighted by Crippen LogP contribution is 2.41. The number of hydrogen-bond acceptors (Lipinski definition) is 6. The molecule has 0 radical (unpaired) electrons. The van der Waals surface area contributed by atoms with Crippen LogP contribution in [0.15, 0.2) is 46.5 Å². The second-order valence-electron chi connectivity index (χ2n) is 6.71. The van der Waals surface area contributed by atoms with E-state index in [0.29, 0.717) is 5.96 Å². The maximum atomic E-state index is 6.34. The van der Waals surface area contributed by atoms with Crippen molar-refractivity contribution in [3.8, 4) is 5.69 Å². The lowest BCUT2D eigenvalue weighted by atomic mass is 9.87. The standard InChI is InChI=1S/C18H23N7/c1-13-9-12-24(23-13)14-7-3-4-8-15(14)25-17(20)21-16(19)22-18(25)10-5-2-6-11-18/h3-4,7-9,12H,2,5-6,10-11H2,1H3,(H4,19,20,21,22). The minimum absolute atomic E-state index is 0.267. The molecule has 1 aromatic carbocycles. The number of anilines is 1. The molecule has 0 atom stereocenters. The normalized spacial score (nSPS) is 19.6. The number of aliphatic imine (C=N–C) groups is 2. The highest BCUT2D eigenvalue weighted by atomic mass is 15.4. The van der Waals surface area contributed by atoms with Crippen molar-refractivity contribution in [2.24, 2.45) is 21.5 Å². The Kier molecular flexibility index (Phi) is 3.71.